The van der Waals surface area contributed by atoms with Crippen LogP contribution in [0.15, 0.2) is 54.9 Å². The minimum Gasteiger partial charge on any atom is -0.324 e. The van der Waals surface area contributed by atoms with Crippen molar-refractivity contribution in [2.45, 2.75) is 13.0 Å². The Hall–Kier alpha value is -3.02. The van der Waals surface area contributed by atoms with Crippen molar-refractivity contribution in [3.63, 3.8) is 0 Å². The molecule has 24 heavy (non-hydrogen) atoms. The zero-order chi connectivity index (χ0) is 16.7. The van der Waals surface area contributed by atoms with Crippen LogP contribution >= 0.6 is 0 Å². The molecule has 1 aliphatic heterocycles. The predicted octanol–water partition coefficient (Wildman–Crippen LogP) is 3.92. The third-order valence-electron chi connectivity index (χ3n) is 4.05. The summed E-state index contributed by atoms with van der Waals surface area (Å²) in [7, 11) is 0. The molecule has 3 aromatic rings. The molecule has 2 aromatic carbocycles. The van der Waals surface area contributed by atoms with E-state index < -0.39 is 17.7 Å². The predicted molar refractivity (Wildman–Crippen MR) is 87.3 cm³/mol. The second-order valence-corrected chi connectivity index (χ2v) is 5.71. The van der Waals surface area contributed by atoms with Crippen LogP contribution in [0, 0.1) is 18.6 Å². The van der Waals surface area contributed by atoms with Gasteiger partial charge in [-0.15, -0.1) is 0 Å². The fourth-order valence-electron chi connectivity index (χ4n) is 2.80. The monoisotopic (exact) mass is 324 g/mol. The number of aromatic nitrogens is 3. The van der Waals surface area contributed by atoms with Gasteiger partial charge in [-0.3, -0.25) is 0 Å². The SMILES string of the molecule is Cc1ccc(C2=C[C@H](c3ccc(F)cc3F)n3ncnc3N2)cc1. The van der Waals surface area contributed by atoms with Gasteiger partial charge in [0.15, 0.2) is 0 Å². The van der Waals surface area contributed by atoms with Crippen molar-refractivity contribution >= 4 is 11.6 Å². The Labute approximate surface area is 137 Å². The molecule has 0 amide bonds. The number of allylic oxidation sites excluding steroid dienone is 1. The lowest BCUT2D eigenvalue weighted by Gasteiger charge is -2.24. The summed E-state index contributed by atoms with van der Waals surface area (Å²) in [6.45, 7) is 2.01. The smallest absolute Gasteiger partial charge is 0.226 e. The molecule has 0 spiro atoms. The number of fused-ring (bicyclic) bond motifs is 1. The normalized spacial score (nSPS) is 16.3. The summed E-state index contributed by atoms with van der Waals surface area (Å²) in [5, 5.41) is 7.36. The summed E-state index contributed by atoms with van der Waals surface area (Å²) in [6, 6.07) is 11.0. The molecule has 1 aliphatic rings. The van der Waals surface area contributed by atoms with Gasteiger partial charge in [-0.1, -0.05) is 35.9 Å². The Bertz CT molecular complexity index is 928. The van der Waals surface area contributed by atoms with E-state index in [0.717, 1.165) is 22.9 Å². The number of nitrogens with one attached hydrogen (secondary N) is 1. The standard InChI is InChI=1S/C18H14F2N4/c1-11-2-4-12(5-3-11)16-9-17(24-18(23-16)21-10-22-24)14-7-6-13(19)8-15(14)20/h2-10,17H,1H3,(H,21,22,23)/t17-/m1/s1. The molecule has 0 unspecified atom stereocenters. The van der Waals surface area contributed by atoms with Gasteiger partial charge in [0, 0.05) is 17.3 Å². The quantitative estimate of drug-likeness (QED) is 0.777. The highest BCUT2D eigenvalue weighted by atomic mass is 19.1. The number of aryl methyl sites for hydroxylation is 1. The van der Waals surface area contributed by atoms with E-state index >= 15 is 0 Å². The number of benzene rings is 2. The zero-order valence-corrected chi connectivity index (χ0v) is 12.9. The Kier molecular flexibility index (Phi) is 3.37. The van der Waals surface area contributed by atoms with Gasteiger partial charge in [0.05, 0.1) is 0 Å². The number of rotatable bonds is 2. The van der Waals surface area contributed by atoms with E-state index in [0.29, 0.717) is 11.5 Å². The Morgan fingerprint density at radius 1 is 1.08 bits per heavy atom. The van der Waals surface area contributed by atoms with Gasteiger partial charge >= 0.3 is 0 Å². The highest BCUT2D eigenvalue weighted by molar-refractivity contribution is 5.77. The molecule has 4 nitrogen and oxygen atoms in total. The Morgan fingerprint density at radius 3 is 2.62 bits per heavy atom. The molecule has 0 radical (unpaired) electrons. The molecule has 0 aliphatic carbocycles. The maximum atomic E-state index is 14.3. The van der Waals surface area contributed by atoms with E-state index in [-0.39, 0.29) is 0 Å². The van der Waals surface area contributed by atoms with Gasteiger partial charge in [0.1, 0.15) is 24.0 Å². The maximum absolute atomic E-state index is 14.3. The van der Waals surface area contributed by atoms with Crippen molar-refractivity contribution in [3.05, 3.63) is 83.2 Å². The van der Waals surface area contributed by atoms with Gasteiger partial charge in [-0.05, 0) is 24.6 Å². The third kappa shape index (κ3) is 2.46. The van der Waals surface area contributed by atoms with Crippen LogP contribution < -0.4 is 5.32 Å². The van der Waals surface area contributed by atoms with Gasteiger partial charge in [0.25, 0.3) is 0 Å². The molecule has 120 valence electrons. The first-order valence-corrected chi connectivity index (χ1v) is 7.52. The van der Waals surface area contributed by atoms with Crippen LogP contribution in [0.5, 0.6) is 0 Å². The first-order chi connectivity index (χ1) is 11.6. The van der Waals surface area contributed by atoms with Gasteiger partial charge in [0.2, 0.25) is 5.95 Å². The topological polar surface area (TPSA) is 42.7 Å². The summed E-state index contributed by atoms with van der Waals surface area (Å²) in [4.78, 5) is 4.18. The minimum absolute atomic E-state index is 0.342. The number of anilines is 1. The van der Waals surface area contributed by atoms with Crippen molar-refractivity contribution in [3.8, 4) is 0 Å². The molecule has 4 rings (SSSR count). The van der Waals surface area contributed by atoms with E-state index in [2.05, 4.69) is 15.4 Å². The molecule has 2 heterocycles. The molecular formula is C18H14F2N4. The second kappa shape index (κ2) is 5.56. The molecule has 1 N–H and O–H groups in total. The van der Waals surface area contributed by atoms with Crippen molar-refractivity contribution in [1.29, 1.82) is 0 Å². The Morgan fingerprint density at radius 2 is 1.88 bits per heavy atom. The van der Waals surface area contributed by atoms with Crippen LogP contribution in [0.25, 0.3) is 5.70 Å². The van der Waals surface area contributed by atoms with Gasteiger partial charge < -0.3 is 5.32 Å². The van der Waals surface area contributed by atoms with Gasteiger partial charge in [-0.2, -0.15) is 10.1 Å². The lowest BCUT2D eigenvalue weighted by atomic mass is 10.0. The minimum atomic E-state index is -0.608. The second-order valence-electron chi connectivity index (χ2n) is 5.71. The van der Waals surface area contributed by atoms with E-state index in [9.17, 15) is 8.78 Å². The van der Waals surface area contributed by atoms with Crippen LogP contribution in [0.3, 0.4) is 0 Å². The molecule has 1 atom stereocenters. The summed E-state index contributed by atoms with van der Waals surface area (Å²) in [5.41, 5.74) is 3.26. The van der Waals surface area contributed by atoms with E-state index in [1.165, 1.54) is 18.5 Å². The van der Waals surface area contributed by atoms with Crippen LogP contribution in [0.4, 0.5) is 14.7 Å². The molecule has 0 bridgehead atoms. The summed E-state index contributed by atoms with van der Waals surface area (Å²) >= 11 is 0. The lowest BCUT2D eigenvalue weighted by Crippen LogP contribution is -2.21. The fourth-order valence-corrected chi connectivity index (χ4v) is 2.80. The molecule has 0 saturated heterocycles. The molecule has 6 heteroatoms. The van der Waals surface area contributed by atoms with Crippen LogP contribution in [0.1, 0.15) is 22.7 Å². The zero-order valence-electron chi connectivity index (χ0n) is 12.9. The van der Waals surface area contributed by atoms with Crippen molar-refractivity contribution in [2.75, 3.05) is 5.32 Å². The summed E-state index contributed by atoms with van der Waals surface area (Å²) in [5.74, 6) is -0.698. The molecule has 0 saturated carbocycles. The number of nitrogens with zero attached hydrogens (tertiary/aromatic N) is 3. The van der Waals surface area contributed by atoms with Crippen LogP contribution in [-0.4, -0.2) is 14.8 Å². The van der Waals surface area contributed by atoms with Gasteiger partial charge in [-0.25, -0.2) is 13.5 Å². The average Bonchev–Trinajstić information content (AvgIpc) is 3.03. The number of hydrogen-bond acceptors (Lipinski definition) is 3. The maximum Gasteiger partial charge on any atom is 0.226 e. The van der Waals surface area contributed by atoms with E-state index in [1.807, 2.05) is 37.3 Å². The lowest BCUT2D eigenvalue weighted by molar-refractivity contribution is 0.536. The highest BCUT2D eigenvalue weighted by Gasteiger charge is 2.25. The first kappa shape index (κ1) is 14.6. The van der Waals surface area contributed by atoms with Crippen LogP contribution in [0.2, 0.25) is 0 Å². The number of hydrogen-bond donors (Lipinski definition) is 1. The van der Waals surface area contributed by atoms with Crippen molar-refractivity contribution in [1.82, 2.24) is 14.8 Å². The summed E-state index contributed by atoms with van der Waals surface area (Å²) < 4.78 is 29.1. The number of halogens is 2. The summed E-state index contributed by atoms with van der Waals surface area (Å²) in [6.07, 6.45) is 3.27. The highest BCUT2D eigenvalue weighted by Crippen LogP contribution is 2.33. The third-order valence-corrected chi connectivity index (χ3v) is 4.05. The van der Waals surface area contributed by atoms with E-state index in [1.54, 1.807) is 4.68 Å². The molecular weight excluding hydrogens is 310 g/mol. The first-order valence-electron chi connectivity index (χ1n) is 7.52. The van der Waals surface area contributed by atoms with Crippen molar-refractivity contribution in [2.24, 2.45) is 0 Å². The molecule has 0 fully saturated rings. The van der Waals surface area contributed by atoms with Crippen LogP contribution in [-0.2, 0) is 0 Å². The largest absolute Gasteiger partial charge is 0.324 e. The fraction of sp³-hybridized carbons (Fsp3) is 0.111. The Balaban J connectivity index is 1.83. The van der Waals surface area contributed by atoms with Crippen molar-refractivity contribution < 1.29 is 8.78 Å². The van der Waals surface area contributed by atoms with E-state index in [4.69, 9.17) is 0 Å². The molecule has 1 aromatic heterocycles. The average molecular weight is 324 g/mol.